The standard InChI is InChI=1S/C18H30N2O3/c1-17(2,3)23-16(22)20(4)11-15(21)19-18-8-12-5-13(9-18)7-14(6-12)10-18/h12-14H,5-11H2,1-4H3,(H,19,21). The van der Waals surface area contributed by atoms with Crippen LogP contribution in [0.4, 0.5) is 4.79 Å². The van der Waals surface area contributed by atoms with Gasteiger partial charge in [-0.15, -0.1) is 0 Å². The normalized spacial score (nSPS) is 35.0. The van der Waals surface area contributed by atoms with Gasteiger partial charge in [0.1, 0.15) is 12.1 Å². The summed E-state index contributed by atoms with van der Waals surface area (Å²) in [5.41, 5.74) is -0.539. The Balaban J connectivity index is 1.54. The molecule has 0 radical (unpaired) electrons. The van der Waals surface area contributed by atoms with E-state index in [1.807, 2.05) is 20.8 Å². The van der Waals surface area contributed by atoms with Gasteiger partial charge >= 0.3 is 6.09 Å². The van der Waals surface area contributed by atoms with Gasteiger partial charge in [0.15, 0.2) is 0 Å². The van der Waals surface area contributed by atoms with Crippen LogP contribution >= 0.6 is 0 Å². The van der Waals surface area contributed by atoms with Crippen molar-refractivity contribution in [2.24, 2.45) is 17.8 Å². The first-order chi connectivity index (χ1) is 10.6. The van der Waals surface area contributed by atoms with Crippen molar-refractivity contribution < 1.29 is 14.3 Å². The summed E-state index contributed by atoms with van der Waals surface area (Å²) >= 11 is 0. The van der Waals surface area contributed by atoms with Crippen LogP contribution in [0.15, 0.2) is 0 Å². The maximum atomic E-state index is 12.4. The monoisotopic (exact) mass is 322 g/mol. The third-order valence-corrected chi connectivity index (χ3v) is 5.53. The smallest absolute Gasteiger partial charge is 0.410 e. The second-order valence-corrected chi connectivity index (χ2v) is 9.08. The summed E-state index contributed by atoms with van der Waals surface area (Å²) in [6.07, 6.45) is 6.99. The maximum absolute atomic E-state index is 12.4. The molecule has 0 saturated heterocycles. The average molecular weight is 322 g/mol. The van der Waals surface area contributed by atoms with Crippen molar-refractivity contribution in [3.63, 3.8) is 0 Å². The molecule has 0 atom stereocenters. The van der Waals surface area contributed by atoms with Gasteiger partial charge in [-0.2, -0.15) is 0 Å². The molecule has 5 nitrogen and oxygen atoms in total. The van der Waals surface area contributed by atoms with Crippen LogP contribution in [0.25, 0.3) is 0 Å². The van der Waals surface area contributed by atoms with Crippen LogP contribution in [0.1, 0.15) is 59.3 Å². The molecule has 4 saturated carbocycles. The molecule has 23 heavy (non-hydrogen) atoms. The predicted molar refractivity (Wildman–Crippen MR) is 87.9 cm³/mol. The van der Waals surface area contributed by atoms with Crippen LogP contribution in [-0.4, -0.2) is 41.6 Å². The van der Waals surface area contributed by atoms with Crippen molar-refractivity contribution >= 4 is 12.0 Å². The number of likely N-dealkylation sites (N-methyl/N-ethyl adjacent to an activating group) is 1. The molecule has 4 aliphatic rings. The van der Waals surface area contributed by atoms with Crippen molar-refractivity contribution in [3.8, 4) is 0 Å². The summed E-state index contributed by atoms with van der Waals surface area (Å²) in [4.78, 5) is 25.8. The van der Waals surface area contributed by atoms with Crippen molar-refractivity contribution in [1.29, 1.82) is 0 Å². The molecule has 0 aromatic rings. The van der Waals surface area contributed by atoms with Crippen LogP contribution in [-0.2, 0) is 9.53 Å². The fraction of sp³-hybridized carbons (Fsp3) is 0.889. The van der Waals surface area contributed by atoms with E-state index in [0.29, 0.717) is 0 Å². The van der Waals surface area contributed by atoms with Crippen LogP contribution in [0.5, 0.6) is 0 Å². The number of hydrogen-bond acceptors (Lipinski definition) is 3. The number of rotatable bonds is 3. The van der Waals surface area contributed by atoms with Crippen molar-refractivity contribution in [3.05, 3.63) is 0 Å². The zero-order chi connectivity index (χ0) is 16.8. The Morgan fingerprint density at radius 2 is 1.57 bits per heavy atom. The third kappa shape index (κ3) is 3.81. The van der Waals surface area contributed by atoms with Crippen LogP contribution in [0, 0.1) is 17.8 Å². The Labute approximate surface area is 139 Å². The molecule has 0 aliphatic heterocycles. The molecular formula is C18H30N2O3. The van der Waals surface area contributed by atoms with Crippen LogP contribution in [0.3, 0.4) is 0 Å². The lowest BCUT2D eigenvalue weighted by atomic mass is 9.53. The van der Waals surface area contributed by atoms with Crippen molar-refractivity contribution in [2.75, 3.05) is 13.6 Å². The molecule has 1 N–H and O–H groups in total. The lowest BCUT2D eigenvalue weighted by Crippen LogP contribution is -2.61. The van der Waals surface area contributed by atoms with Crippen molar-refractivity contribution in [1.82, 2.24) is 10.2 Å². The van der Waals surface area contributed by atoms with E-state index in [0.717, 1.165) is 37.0 Å². The number of amides is 2. The second-order valence-electron chi connectivity index (χ2n) is 9.08. The fourth-order valence-corrected chi connectivity index (χ4v) is 5.22. The molecule has 0 unspecified atom stereocenters. The molecule has 4 rings (SSSR count). The maximum Gasteiger partial charge on any atom is 0.410 e. The molecule has 4 bridgehead atoms. The zero-order valence-corrected chi connectivity index (χ0v) is 14.9. The Hall–Kier alpha value is -1.26. The summed E-state index contributed by atoms with van der Waals surface area (Å²) in [5, 5.41) is 3.28. The number of nitrogens with one attached hydrogen (secondary N) is 1. The van der Waals surface area contributed by atoms with Gasteiger partial charge in [0.2, 0.25) is 5.91 Å². The number of nitrogens with zero attached hydrogens (tertiary/aromatic N) is 1. The number of hydrogen-bond donors (Lipinski definition) is 1. The minimum absolute atomic E-state index is 0.000600. The van der Waals surface area contributed by atoms with Gasteiger partial charge in [0, 0.05) is 12.6 Å². The van der Waals surface area contributed by atoms with E-state index in [2.05, 4.69) is 5.32 Å². The summed E-state index contributed by atoms with van der Waals surface area (Å²) in [5.74, 6) is 2.33. The summed E-state index contributed by atoms with van der Waals surface area (Å²) in [7, 11) is 1.62. The van der Waals surface area contributed by atoms with E-state index < -0.39 is 11.7 Å². The van der Waals surface area contributed by atoms with E-state index in [4.69, 9.17) is 4.74 Å². The molecule has 5 heteroatoms. The molecule has 0 spiro atoms. The van der Waals surface area contributed by atoms with Gasteiger partial charge in [0.05, 0.1) is 0 Å². The van der Waals surface area contributed by atoms with Gasteiger partial charge in [-0.1, -0.05) is 0 Å². The van der Waals surface area contributed by atoms with Gasteiger partial charge in [-0.05, 0) is 77.0 Å². The SMILES string of the molecule is CN(CC(=O)NC12CC3CC(CC(C3)C1)C2)C(=O)OC(C)(C)C. The largest absolute Gasteiger partial charge is 0.444 e. The lowest BCUT2D eigenvalue weighted by Gasteiger charge is -2.57. The first kappa shape index (κ1) is 16.6. The van der Waals surface area contributed by atoms with Gasteiger partial charge < -0.3 is 15.0 Å². The molecule has 0 heterocycles. The third-order valence-electron chi connectivity index (χ3n) is 5.53. The Kier molecular flexibility index (Phi) is 4.09. The zero-order valence-electron chi connectivity index (χ0n) is 14.9. The Morgan fingerprint density at radius 1 is 1.09 bits per heavy atom. The molecular weight excluding hydrogens is 292 g/mol. The quantitative estimate of drug-likeness (QED) is 0.869. The number of carbonyl (C=O) groups is 2. The summed E-state index contributed by atoms with van der Waals surface area (Å²) in [6, 6.07) is 0. The molecule has 130 valence electrons. The first-order valence-corrected chi connectivity index (χ1v) is 8.89. The van der Waals surface area contributed by atoms with Gasteiger partial charge in [0.25, 0.3) is 0 Å². The highest BCUT2D eigenvalue weighted by Crippen LogP contribution is 2.55. The van der Waals surface area contributed by atoms with E-state index in [1.165, 1.54) is 24.2 Å². The van der Waals surface area contributed by atoms with E-state index in [1.54, 1.807) is 7.05 Å². The molecule has 2 amide bonds. The van der Waals surface area contributed by atoms with Gasteiger partial charge in [-0.25, -0.2) is 4.79 Å². The topological polar surface area (TPSA) is 58.6 Å². The van der Waals surface area contributed by atoms with Gasteiger partial charge in [-0.3, -0.25) is 4.79 Å². The fourth-order valence-electron chi connectivity index (χ4n) is 5.22. The number of ether oxygens (including phenoxy) is 1. The predicted octanol–water partition coefficient (Wildman–Crippen LogP) is 2.94. The first-order valence-electron chi connectivity index (χ1n) is 8.89. The number of carbonyl (C=O) groups excluding carboxylic acids is 2. The summed E-state index contributed by atoms with van der Waals surface area (Å²) < 4.78 is 5.30. The molecule has 0 aromatic heterocycles. The average Bonchev–Trinajstić information content (AvgIpc) is 2.33. The summed E-state index contributed by atoms with van der Waals surface area (Å²) in [6.45, 7) is 5.55. The second kappa shape index (κ2) is 5.67. The van der Waals surface area contributed by atoms with E-state index in [9.17, 15) is 9.59 Å². The molecule has 4 aliphatic carbocycles. The molecule has 0 aromatic carbocycles. The Bertz CT molecular complexity index is 460. The highest BCUT2D eigenvalue weighted by molar-refractivity contribution is 5.82. The Morgan fingerprint density at radius 3 is 2.00 bits per heavy atom. The minimum atomic E-state index is -0.540. The highest BCUT2D eigenvalue weighted by Gasteiger charge is 2.51. The minimum Gasteiger partial charge on any atom is -0.444 e. The van der Waals surface area contributed by atoms with E-state index >= 15 is 0 Å². The van der Waals surface area contributed by atoms with E-state index in [-0.39, 0.29) is 18.0 Å². The van der Waals surface area contributed by atoms with Crippen LogP contribution < -0.4 is 5.32 Å². The highest BCUT2D eigenvalue weighted by atomic mass is 16.6. The molecule has 4 fully saturated rings. The van der Waals surface area contributed by atoms with Crippen LogP contribution in [0.2, 0.25) is 0 Å². The van der Waals surface area contributed by atoms with Crippen molar-refractivity contribution in [2.45, 2.75) is 70.4 Å². The lowest BCUT2D eigenvalue weighted by molar-refractivity contribution is -0.127.